The van der Waals surface area contributed by atoms with Gasteiger partial charge in [-0.1, -0.05) is 43.2 Å². The molecule has 0 spiro atoms. The molecule has 0 radical (unpaired) electrons. The summed E-state index contributed by atoms with van der Waals surface area (Å²) in [5.74, 6) is 0.371. The molecule has 1 N–H and O–H groups in total. The van der Waals surface area contributed by atoms with Crippen LogP contribution in [0.15, 0.2) is 23.8 Å². The Bertz CT molecular complexity index is 226. The van der Waals surface area contributed by atoms with Gasteiger partial charge in [0.25, 0.3) is 0 Å². The van der Waals surface area contributed by atoms with Crippen molar-refractivity contribution in [3.8, 4) is 0 Å². The zero-order chi connectivity index (χ0) is 9.35. The van der Waals surface area contributed by atoms with Gasteiger partial charge >= 0.3 is 0 Å². The van der Waals surface area contributed by atoms with Crippen LogP contribution in [0, 0.1) is 11.8 Å². The van der Waals surface area contributed by atoms with Gasteiger partial charge in [-0.15, -0.1) is 0 Å². The average molecular weight is 187 g/mol. The van der Waals surface area contributed by atoms with Crippen LogP contribution in [0.3, 0.4) is 0 Å². The van der Waals surface area contributed by atoms with E-state index in [2.05, 4.69) is 13.8 Å². The van der Waals surface area contributed by atoms with E-state index < -0.39 is 5.06 Å². The summed E-state index contributed by atoms with van der Waals surface area (Å²) in [5, 5.41) is 8.63. The minimum atomic E-state index is -1.19. The normalized spacial score (nSPS) is 35.5. The fraction of sp³-hybridized carbons (Fsp3) is 0.600. The molecule has 0 saturated heterocycles. The molecule has 0 aromatic carbocycles. The summed E-state index contributed by atoms with van der Waals surface area (Å²) in [4.78, 5) is 0. The number of hydrogen-bond acceptors (Lipinski definition) is 1. The van der Waals surface area contributed by atoms with Crippen LogP contribution in [0.1, 0.15) is 20.8 Å². The van der Waals surface area contributed by atoms with E-state index in [4.69, 9.17) is 11.6 Å². The third-order valence-electron chi connectivity index (χ3n) is 2.18. The first-order valence-corrected chi connectivity index (χ1v) is 4.60. The zero-order valence-corrected chi connectivity index (χ0v) is 8.47. The van der Waals surface area contributed by atoms with Crippen molar-refractivity contribution >= 4 is 11.6 Å². The van der Waals surface area contributed by atoms with Gasteiger partial charge in [-0.05, 0) is 18.9 Å². The molecule has 2 heteroatoms. The molecule has 0 aliphatic heterocycles. The van der Waals surface area contributed by atoms with Crippen molar-refractivity contribution < 1.29 is 5.11 Å². The molecule has 0 saturated carbocycles. The predicted molar refractivity (Wildman–Crippen MR) is 52.0 cm³/mol. The number of aliphatic hydroxyl groups is 1. The Morgan fingerprint density at radius 3 is 2.58 bits per heavy atom. The average Bonchev–Trinajstić information content (AvgIpc) is 1.82. The van der Waals surface area contributed by atoms with Gasteiger partial charge in [0.15, 0.2) is 5.06 Å². The van der Waals surface area contributed by atoms with Gasteiger partial charge in [-0.3, -0.25) is 0 Å². The Morgan fingerprint density at radius 1 is 1.58 bits per heavy atom. The molecule has 1 aliphatic rings. The lowest BCUT2D eigenvalue weighted by atomic mass is 9.85. The molecule has 2 atom stereocenters. The van der Waals surface area contributed by atoms with Crippen LogP contribution in [0.4, 0.5) is 0 Å². The Morgan fingerprint density at radius 2 is 2.17 bits per heavy atom. The molecule has 0 amide bonds. The SMILES string of the molecule is CC1=CC(O)(Cl)C(C(C)C)C=C1. The summed E-state index contributed by atoms with van der Waals surface area (Å²) >= 11 is 5.96. The van der Waals surface area contributed by atoms with E-state index in [-0.39, 0.29) is 5.92 Å². The minimum absolute atomic E-state index is 0.0165. The number of rotatable bonds is 1. The highest BCUT2D eigenvalue weighted by atomic mass is 35.5. The molecule has 0 bridgehead atoms. The molecule has 68 valence electrons. The second-order valence-electron chi connectivity index (χ2n) is 3.74. The summed E-state index contributed by atoms with van der Waals surface area (Å²) in [7, 11) is 0. The molecule has 0 heterocycles. The maximum Gasteiger partial charge on any atom is 0.164 e. The second-order valence-corrected chi connectivity index (χ2v) is 4.35. The standard InChI is InChI=1S/C10H15ClO/c1-7(2)9-5-4-8(3)6-10(9,11)12/h4-7,9,12H,1-3H3. The molecule has 1 nitrogen and oxygen atoms in total. The highest BCUT2D eigenvalue weighted by molar-refractivity contribution is 6.24. The Labute approximate surface area is 78.7 Å². The van der Waals surface area contributed by atoms with Crippen molar-refractivity contribution in [1.29, 1.82) is 0 Å². The molecule has 12 heavy (non-hydrogen) atoms. The first-order chi connectivity index (χ1) is 5.43. The Balaban J connectivity index is 2.89. The van der Waals surface area contributed by atoms with E-state index in [9.17, 15) is 5.11 Å². The maximum atomic E-state index is 9.81. The fourth-order valence-electron chi connectivity index (χ4n) is 1.54. The van der Waals surface area contributed by atoms with Gasteiger partial charge in [0.05, 0.1) is 0 Å². The molecular formula is C10H15ClO. The van der Waals surface area contributed by atoms with Crippen molar-refractivity contribution in [2.45, 2.75) is 25.8 Å². The minimum Gasteiger partial charge on any atom is -0.371 e. The summed E-state index contributed by atoms with van der Waals surface area (Å²) in [6, 6.07) is 0. The third kappa shape index (κ3) is 1.90. The van der Waals surface area contributed by atoms with Gasteiger partial charge < -0.3 is 5.11 Å². The summed E-state index contributed by atoms with van der Waals surface area (Å²) in [6.45, 7) is 6.04. The summed E-state index contributed by atoms with van der Waals surface area (Å²) < 4.78 is 0. The lowest BCUT2D eigenvalue weighted by molar-refractivity contribution is 0.107. The van der Waals surface area contributed by atoms with Crippen molar-refractivity contribution in [1.82, 2.24) is 0 Å². The lowest BCUT2D eigenvalue weighted by Gasteiger charge is -2.31. The number of hydrogen-bond donors (Lipinski definition) is 1. The molecule has 1 rings (SSSR count). The zero-order valence-electron chi connectivity index (χ0n) is 7.71. The van der Waals surface area contributed by atoms with Crippen LogP contribution < -0.4 is 0 Å². The first-order valence-electron chi connectivity index (χ1n) is 4.22. The van der Waals surface area contributed by atoms with Gasteiger partial charge in [0.1, 0.15) is 0 Å². The smallest absolute Gasteiger partial charge is 0.164 e. The Hall–Kier alpha value is -0.270. The monoisotopic (exact) mass is 186 g/mol. The van der Waals surface area contributed by atoms with E-state index in [1.165, 1.54) is 0 Å². The van der Waals surface area contributed by atoms with Crippen molar-refractivity contribution in [2.24, 2.45) is 11.8 Å². The van der Waals surface area contributed by atoms with Crippen LogP contribution >= 0.6 is 11.6 Å². The number of halogens is 1. The van der Waals surface area contributed by atoms with E-state index in [1.807, 2.05) is 19.1 Å². The molecule has 0 fully saturated rings. The Kier molecular flexibility index (Phi) is 2.64. The van der Waals surface area contributed by atoms with Crippen molar-refractivity contribution in [2.75, 3.05) is 0 Å². The number of allylic oxidation sites excluding steroid dienone is 2. The molecule has 0 aromatic rings. The van der Waals surface area contributed by atoms with Crippen LogP contribution in [0.2, 0.25) is 0 Å². The largest absolute Gasteiger partial charge is 0.371 e. The van der Waals surface area contributed by atoms with Gasteiger partial charge in [-0.25, -0.2) is 0 Å². The maximum absolute atomic E-state index is 9.81. The van der Waals surface area contributed by atoms with Crippen molar-refractivity contribution in [3.05, 3.63) is 23.8 Å². The number of alkyl halides is 1. The van der Waals surface area contributed by atoms with Crippen LogP contribution in [-0.4, -0.2) is 10.2 Å². The van der Waals surface area contributed by atoms with E-state index in [0.717, 1.165) is 5.57 Å². The molecule has 2 unspecified atom stereocenters. The fourth-order valence-corrected chi connectivity index (χ4v) is 2.04. The predicted octanol–water partition coefficient (Wildman–Crippen LogP) is 2.70. The molecule has 0 aromatic heterocycles. The van der Waals surface area contributed by atoms with Crippen molar-refractivity contribution in [3.63, 3.8) is 0 Å². The summed E-state index contributed by atoms with van der Waals surface area (Å²) in [5.41, 5.74) is 1.02. The van der Waals surface area contributed by atoms with Gasteiger partial charge in [0.2, 0.25) is 0 Å². The second kappa shape index (κ2) is 3.23. The third-order valence-corrected chi connectivity index (χ3v) is 2.54. The van der Waals surface area contributed by atoms with Gasteiger partial charge in [0, 0.05) is 5.92 Å². The molecule has 1 aliphatic carbocycles. The topological polar surface area (TPSA) is 20.2 Å². The quantitative estimate of drug-likeness (QED) is 0.625. The van der Waals surface area contributed by atoms with Crippen LogP contribution in [0.5, 0.6) is 0 Å². The first kappa shape index (κ1) is 9.82. The van der Waals surface area contributed by atoms with E-state index in [0.29, 0.717) is 5.92 Å². The highest BCUT2D eigenvalue weighted by Gasteiger charge is 2.34. The molecular weight excluding hydrogens is 172 g/mol. The summed E-state index contributed by atoms with van der Waals surface area (Å²) in [6.07, 6.45) is 5.69. The lowest BCUT2D eigenvalue weighted by Crippen LogP contribution is -2.33. The van der Waals surface area contributed by atoms with E-state index >= 15 is 0 Å². The van der Waals surface area contributed by atoms with Crippen LogP contribution in [-0.2, 0) is 0 Å². The van der Waals surface area contributed by atoms with E-state index in [1.54, 1.807) is 6.08 Å². The highest BCUT2D eigenvalue weighted by Crippen LogP contribution is 2.35. The van der Waals surface area contributed by atoms with Crippen LogP contribution in [0.25, 0.3) is 0 Å². The van der Waals surface area contributed by atoms with Gasteiger partial charge in [-0.2, -0.15) is 0 Å².